The summed E-state index contributed by atoms with van der Waals surface area (Å²) in [4.78, 5) is 27.3. The van der Waals surface area contributed by atoms with Gasteiger partial charge >= 0.3 is 11.9 Å². The molecule has 0 fully saturated rings. The number of benzene rings is 2. The summed E-state index contributed by atoms with van der Waals surface area (Å²) in [5, 5.41) is 0. The van der Waals surface area contributed by atoms with E-state index in [0.717, 1.165) is 28.5 Å². The first-order chi connectivity index (χ1) is 15.7. The second-order valence-corrected chi connectivity index (χ2v) is 11.9. The van der Waals surface area contributed by atoms with Gasteiger partial charge in [-0.2, -0.15) is 0 Å². The number of carbonyl (C=O) groups is 2. The predicted octanol–water partition coefficient (Wildman–Crippen LogP) is 7.79. The van der Waals surface area contributed by atoms with Crippen molar-refractivity contribution in [3.63, 3.8) is 0 Å². The van der Waals surface area contributed by atoms with E-state index in [1.54, 1.807) is 49.1 Å². The number of carbonyl (C=O) groups excluding carboxylic acids is 2. The number of hydrogen-bond donors (Lipinski definition) is 0. The quantitative estimate of drug-likeness (QED) is 0.103. The van der Waals surface area contributed by atoms with E-state index < -0.39 is 0 Å². The average molecular weight is 632 g/mol. The minimum atomic E-state index is -0.358. The first kappa shape index (κ1) is 28.1. The minimum absolute atomic E-state index is 0.341. The van der Waals surface area contributed by atoms with Crippen LogP contribution in [0.5, 0.6) is 0 Å². The standard InChI is InChI=1S/C24H24Br2O4S3/c1-15(2)23(27)29-9-11-31-21-7-5-17(13-19(21)25)33-18-6-8-22(20(26)14-18)32-12-10-30-24(28)16(3)4/h5-8,13-14H,1,3,9-12H2,2,4H3. The third-order valence-electron chi connectivity index (χ3n) is 3.89. The molecule has 0 unspecified atom stereocenters. The molecule has 176 valence electrons. The summed E-state index contributed by atoms with van der Waals surface area (Å²) in [6, 6.07) is 12.4. The molecule has 0 radical (unpaired) electrons. The van der Waals surface area contributed by atoms with Gasteiger partial charge in [0, 0.05) is 51.2 Å². The lowest BCUT2D eigenvalue weighted by molar-refractivity contribution is -0.139. The van der Waals surface area contributed by atoms with Gasteiger partial charge in [-0.05, 0) is 82.1 Å². The van der Waals surface area contributed by atoms with Gasteiger partial charge in [0.15, 0.2) is 0 Å². The van der Waals surface area contributed by atoms with Gasteiger partial charge in [-0.15, -0.1) is 23.5 Å². The Morgan fingerprint density at radius 2 is 1.18 bits per heavy atom. The van der Waals surface area contributed by atoms with Crippen LogP contribution in [0.3, 0.4) is 0 Å². The zero-order valence-electron chi connectivity index (χ0n) is 18.3. The highest BCUT2D eigenvalue weighted by Gasteiger charge is 2.09. The van der Waals surface area contributed by atoms with E-state index in [1.807, 2.05) is 0 Å². The van der Waals surface area contributed by atoms with Crippen molar-refractivity contribution in [3.05, 3.63) is 69.6 Å². The Morgan fingerprint density at radius 3 is 1.52 bits per heavy atom. The Hall–Kier alpha value is -1.13. The van der Waals surface area contributed by atoms with E-state index in [9.17, 15) is 9.59 Å². The van der Waals surface area contributed by atoms with Crippen molar-refractivity contribution < 1.29 is 19.1 Å². The van der Waals surface area contributed by atoms with Crippen molar-refractivity contribution in [2.75, 3.05) is 24.7 Å². The van der Waals surface area contributed by atoms with Gasteiger partial charge in [0.05, 0.1) is 0 Å². The molecule has 0 saturated carbocycles. The summed E-state index contributed by atoms with van der Waals surface area (Å²) in [5.74, 6) is 0.622. The number of ether oxygens (including phenoxy) is 2. The molecule has 0 spiro atoms. The molecule has 0 aliphatic carbocycles. The number of thioether (sulfide) groups is 2. The molecule has 2 aromatic rings. The molecular weight excluding hydrogens is 608 g/mol. The highest BCUT2D eigenvalue weighted by atomic mass is 79.9. The van der Waals surface area contributed by atoms with Crippen LogP contribution in [0.1, 0.15) is 13.8 Å². The third kappa shape index (κ3) is 9.94. The van der Waals surface area contributed by atoms with Crippen molar-refractivity contribution in [1.82, 2.24) is 0 Å². The van der Waals surface area contributed by atoms with E-state index >= 15 is 0 Å². The highest BCUT2D eigenvalue weighted by Crippen LogP contribution is 2.37. The van der Waals surface area contributed by atoms with Crippen LogP contribution in [0.15, 0.2) is 89.2 Å². The fourth-order valence-corrected chi connectivity index (χ4v) is 6.42. The highest BCUT2D eigenvalue weighted by molar-refractivity contribution is 9.10. The number of hydrogen-bond acceptors (Lipinski definition) is 7. The van der Waals surface area contributed by atoms with Crippen molar-refractivity contribution in [2.24, 2.45) is 0 Å². The summed E-state index contributed by atoms with van der Waals surface area (Å²) in [6.45, 7) is 11.1. The predicted molar refractivity (Wildman–Crippen MR) is 145 cm³/mol. The van der Waals surface area contributed by atoms with Crippen LogP contribution in [0.2, 0.25) is 0 Å². The van der Waals surface area contributed by atoms with E-state index in [4.69, 9.17) is 9.47 Å². The zero-order chi connectivity index (χ0) is 24.4. The van der Waals surface area contributed by atoms with E-state index in [-0.39, 0.29) is 11.9 Å². The lowest BCUT2D eigenvalue weighted by atomic mass is 10.4. The normalized spacial score (nSPS) is 10.5. The molecule has 0 aliphatic rings. The Labute approximate surface area is 224 Å². The van der Waals surface area contributed by atoms with Crippen molar-refractivity contribution in [1.29, 1.82) is 0 Å². The monoisotopic (exact) mass is 630 g/mol. The summed E-state index contributed by atoms with van der Waals surface area (Å²) < 4.78 is 12.3. The van der Waals surface area contributed by atoms with Crippen LogP contribution in [-0.4, -0.2) is 36.7 Å². The third-order valence-corrected chi connectivity index (χ3v) is 8.78. The first-order valence-electron chi connectivity index (χ1n) is 9.85. The largest absolute Gasteiger partial charge is 0.461 e. The Morgan fingerprint density at radius 1 is 0.788 bits per heavy atom. The van der Waals surface area contributed by atoms with Gasteiger partial charge in [-0.3, -0.25) is 0 Å². The van der Waals surface area contributed by atoms with Crippen LogP contribution in [0.4, 0.5) is 0 Å². The fraction of sp³-hybridized carbons (Fsp3) is 0.250. The van der Waals surface area contributed by atoms with Gasteiger partial charge in [-0.25, -0.2) is 9.59 Å². The molecular formula is C24H24Br2O4S3. The van der Waals surface area contributed by atoms with E-state index in [0.29, 0.717) is 35.9 Å². The van der Waals surface area contributed by atoms with E-state index in [1.165, 1.54) is 0 Å². The minimum Gasteiger partial charge on any atom is -0.461 e. The van der Waals surface area contributed by atoms with Gasteiger partial charge in [0.1, 0.15) is 13.2 Å². The SMILES string of the molecule is C=C(C)C(=O)OCCSc1ccc(Sc2ccc(SCCOC(=O)C(=C)C)c(Br)c2)cc1Br. The number of esters is 2. The fourth-order valence-electron chi connectivity index (χ4n) is 2.28. The maximum atomic E-state index is 11.4. The number of halogens is 2. The van der Waals surface area contributed by atoms with Gasteiger partial charge in [0.25, 0.3) is 0 Å². The molecule has 2 aromatic carbocycles. The Kier molecular flexibility index (Phi) is 12.2. The molecule has 2 rings (SSSR count). The molecule has 0 aliphatic heterocycles. The second kappa shape index (κ2) is 14.3. The molecule has 0 heterocycles. The first-order valence-corrected chi connectivity index (χ1v) is 14.2. The van der Waals surface area contributed by atoms with Gasteiger partial charge in [-0.1, -0.05) is 24.9 Å². The average Bonchev–Trinajstić information content (AvgIpc) is 2.76. The van der Waals surface area contributed by atoms with Crippen molar-refractivity contribution in [3.8, 4) is 0 Å². The maximum Gasteiger partial charge on any atom is 0.333 e. The van der Waals surface area contributed by atoms with Gasteiger partial charge in [0.2, 0.25) is 0 Å². The lowest BCUT2D eigenvalue weighted by Gasteiger charge is -2.10. The van der Waals surface area contributed by atoms with Crippen molar-refractivity contribution in [2.45, 2.75) is 33.4 Å². The summed E-state index contributed by atoms with van der Waals surface area (Å²) in [5.41, 5.74) is 0.815. The van der Waals surface area contributed by atoms with Crippen LogP contribution < -0.4 is 0 Å². The Bertz CT molecular complexity index is 959. The van der Waals surface area contributed by atoms with Crippen molar-refractivity contribution >= 4 is 79.1 Å². The van der Waals surface area contributed by atoms with Crippen LogP contribution in [0, 0.1) is 0 Å². The second-order valence-electron chi connectivity index (χ2n) is 6.82. The molecule has 0 aromatic heterocycles. The molecule has 0 atom stereocenters. The number of rotatable bonds is 12. The van der Waals surface area contributed by atoms with Crippen LogP contribution >= 0.6 is 67.1 Å². The van der Waals surface area contributed by atoms with Crippen LogP contribution in [0.25, 0.3) is 0 Å². The summed E-state index contributed by atoms with van der Waals surface area (Å²) >= 11 is 12.2. The topological polar surface area (TPSA) is 52.6 Å². The molecule has 0 amide bonds. The van der Waals surface area contributed by atoms with Crippen LogP contribution in [-0.2, 0) is 19.1 Å². The Balaban J connectivity index is 1.86. The smallest absolute Gasteiger partial charge is 0.333 e. The van der Waals surface area contributed by atoms with Gasteiger partial charge < -0.3 is 9.47 Å². The molecule has 0 bridgehead atoms. The zero-order valence-corrected chi connectivity index (χ0v) is 23.9. The molecule has 0 saturated heterocycles. The van der Waals surface area contributed by atoms with E-state index in [2.05, 4.69) is 81.4 Å². The lowest BCUT2D eigenvalue weighted by Crippen LogP contribution is -2.07. The molecule has 33 heavy (non-hydrogen) atoms. The maximum absolute atomic E-state index is 11.4. The molecule has 4 nitrogen and oxygen atoms in total. The summed E-state index contributed by atoms with van der Waals surface area (Å²) in [7, 11) is 0. The summed E-state index contributed by atoms with van der Waals surface area (Å²) in [6.07, 6.45) is 0. The molecule has 9 heteroatoms. The molecule has 0 N–H and O–H groups in total.